The predicted octanol–water partition coefficient (Wildman–Crippen LogP) is 5.31. The van der Waals surface area contributed by atoms with Crippen molar-refractivity contribution in [3.63, 3.8) is 0 Å². The average Bonchev–Trinajstić information content (AvgIpc) is 2.73. The van der Waals surface area contributed by atoms with E-state index in [4.69, 9.17) is 4.98 Å². The molecule has 0 bridgehead atoms. The summed E-state index contributed by atoms with van der Waals surface area (Å²) in [6.07, 6.45) is 0. The van der Waals surface area contributed by atoms with Crippen LogP contribution in [0.2, 0.25) is 0 Å². The van der Waals surface area contributed by atoms with Crippen LogP contribution in [0.25, 0.3) is 21.9 Å². The van der Waals surface area contributed by atoms with Crippen molar-refractivity contribution in [2.45, 2.75) is 52.4 Å². The molecular weight excluding hydrogens is 256 g/mol. The number of pyridine rings is 1. The van der Waals surface area contributed by atoms with E-state index in [0.717, 1.165) is 16.9 Å². The van der Waals surface area contributed by atoms with Gasteiger partial charge in [0.15, 0.2) is 0 Å². The lowest BCUT2D eigenvalue weighted by Gasteiger charge is -2.19. The van der Waals surface area contributed by atoms with Gasteiger partial charge in [0.1, 0.15) is 5.65 Å². The minimum atomic E-state index is 0.0715. The second kappa shape index (κ2) is 4.33. The van der Waals surface area contributed by atoms with Gasteiger partial charge in [-0.25, -0.2) is 4.98 Å². The monoisotopic (exact) mass is 280 g/mol. The van der Waals surface area contributed by atoms with E-state index >= 15 is 0 Å². The standard InChI is InChI=1S/C19H24N2/c1-18(2,3)12-7-9-15-14(11-12)13-8-10-16(19(4,5)6)21-17(13)20-15/h7-11H,1-6H3,(H,20,21). The molecule has 2 heteroatoms. The van der Waals surface area contributed by atoms with E-state index in [0.29, 0.717) is 0 Å². The molecule has 1 N–H and O–H groups in total. The first-order chi connectivity index (χ1) is 9.66. The van der Waals surface area contributed by atoms with Crippen molar-refractivity contribution in [3.8, 4) is 0 Å². The number of nitrogens with one attached hydrogen (secondary N) is 1. The molecule has 0 atom stereocenters. The second-order valence-electron chi connectivity index (χ2n) is 7.98. The van der Waals surface area contributed by atoms with Gasteiger partial charge in [0.25, 0.3) is 0 Å². The fourth-order valence-electron chi connectivity index (χ4n) is 2.66. The number of aromatic nitrogens is 2. The van der Waals surface area contributed by atoms with Gasteiger partial charge in [-0.2, -0.15) is 0 Å². The van der Waals surface area contributed by atoms with Crippen LogP contribution < -0.4 is 0 Å². The topological polar surface area (TPSA) is 28.7 Å². The smallest absolute Gasteiger partial charge is 0.138 e. The van der Waals surface area contributed by atoms with E-state index in [-0.39, 0.29) is 10.8 Å². The predicted molar refractivity (Wildman–Crippen MR) is 91.0 cm³/mol. The molecule has 2 heterocycles. The number of hydrogen-bond donors (Lipinski definition) is 1. The van der Waals surface area contributed by atoms with Gasteiger partial charge in [-0.15, -0.1) is 0 Å². The lowest BCUT2D eigenvalue weighted by atomic mass is 9.86. The quantitative estimate of drug-likeness (QED) is 0.594. The summed E-state index contributed by atoms with van der Waals surface area (Å²) in [6.45, 7) is 13.3. The van der Waals surface area contributed by atoms with E-state index < -0.39 is 0 Å². The van der Waals surface area contributed by atoms with Crippen molar-refractivity contribution < 1.29 is 0 Å². The van der Waals surface area contributed by atoms with Gasteiger partial charge < -0.3 is 4.98 Å². The first kappa shape index (κ1) is 14.1. The fourth-order valence-corrected chi connectivity index (χ4v) is 2.66. The Balaban J connectivity index is 2.26. The lowest BCUT2D eigenvalue weighted by molar-refractivity contribution is 0.571. The number of hydrogen-bond acceptors (Lipinski definition) is 1. The Labute approximate surface area is 126 Å². The molecule has 0 amide bonds. The summed E-state index contributed by atoms with van der Waals surface area (Å²) in [5.74, 6) is 0. The molecule has 0 saturated carbocycles. The molecule has 0 aliphatic rings. The van der Waals surface area contributed by atoms with Crippen molar-refractivity contribution in [1.82, 2.24) is 9.97 Å². The maximum absolute atomic E-state index is 4.82. The third-order valence-electron chi connectivity index (χ3n) is 4.09. The zero-order valence-corrected chi connectivity index (χ0v) is 13.8. The van der Waals surface area contributed by atoms with E-state index in [1.54, 1.807) is 0 Å². The summed E-state index contributed by atoms with van der Waals surface area (Å²) in [6, 6.07) is 11.0. The summed E-state index contributed by atoms with van der Waals surface area (Å²) in [5, 5.41) is 2.48. The molecule has 0 radical (unpaired) electrons. The molecule has 3 aromatic rings. The molecule has 2 nitrogen and oxygen atoms in total. The van der Waals surface area contributed by atoms with Crippen LogP contribution in [0.1, 0.15) is 52.8 Å². The van der Waals surface area contributed by atoms with Crippen molar-refractivity contribution in [1.29, 1.82) is 0 Å². The second-order valence-corrected chi connectivity index (χ2v) is 7.98. The summed E-state index contributed by atoms with van der Waals surface area (Å²) in [7, 11) is 0. The Hall–Kier alpha value is -1.83. The Morgan fingerprint density at radius 2 is 1.52 bits per heavy atom. The largest absolute Gasteiger partial charge is 0.339 e. The number of benzene rings is 1. The first-order valence-electron chi connectivity index (χ1n) is 7.60. The third-order valence-corrected chi connectivity index (χ3v) is 4.09. The highest BCUT2D eigenvalue weighted by molar-refractivity contribution is 6.06. The van der Waals surface area contributed by atoms with Crippen LogP contribution in [0.3, 0.4) is 0 Å². The van der Waals surface area contributed by atoms with Crippen LogP contribution in [0.4, 0.5) is 0 Å². The number of H-pyrrole nitrogens is 1. The molecule has 1 aromatic carbocycles. The zero-order valence-electron chi connectivity index (χ0n) is 13.8. The highest BCUT2D eigenvalue weighted by Crippen LogP contribution is 2.31. The molecule has 3 rings (SSSR count). The normalized spacial score (nSPS) is 13.2. The van der Waals surface area contributed by atoms with Crippen LogP contribution in [0.5, 0.6) is 0 Å². The maximum atomic E-state index is 4.82. The van der Waals surface area contributed by atoms with E-state index in [9.17, 15) is 0 Å². The summed E-state index contributed by atoms with van der Waals surface area (Å²) < 4.78 is 0. The number of fused-ring (bicyclic) bond motifs is 3. The zero-order chi connectivity index (χ0) is 15.4. The van der Waals surface area contributed by atoms with Crippen LogP contribution in [-0.2, 0) is 10.8 Å². The molecule has 0 aliphatic carbocycles. The average molecular weight is 280 g/mol. The summed E-state index contributed by atoms with van der Waals surface area (Å²) in [5.41, 5.74) is 4.87. The maximum Gasteiger partial charge on any atom is 0.138 e. The first-order valence-corrected chi connectivity index (χ1v) is 7.60. The van der Waals surface area contributed by atoms with Gasteiger partial charge in [-0.3, -0.25) is 0 Å². The van der Waals surface area contributed by atoms with Crippen LogP contribution in [0.15, 0.2) is 30.3 Å². The van der Waals surface area contributed by atoms with Gasteiger partial charge in [0.2, 0.25) is 0 Å². The summed E-state index contributed by atoms with van der Waals surface area (Å²) in [4.78, 5) is 8.28. The summed E-state index contributed by atoms with van der Waals surface area (Å²) >= 11 is 0. The number of aromatic amines is 1. The van der Waals surface area contributed by atoms with Crippen LogP contribution in [0, 0.1) is 0 Å². The molecule has 0 spiro atoms. The molecule has 0 unspecified atom stereocenters. The van der Waals surface area contributed by atoms with Gasteiger partial charge in [0, 0.05) is 27.4 Å². The van der Waals surface area contributed by atoms with Crippen LogP contribution >= 0.6 is 0 Å². The Bertz CT molecular complexity index is 811. The van der Waals surface area contributed by atoms with Crippen molar-refractivity contribution >= 4 is 21.9 Å². The fraction of sp³-hybridized carbons (Fsp3) is 0.421. The highest BCUT2D eigenvalue weighted by atomic mass is 14.9. The van der Waals surface area contributed by atoms with Gasteiger partial charge >= 0.3 is 0 Å². The van der Waals surface area contributed by atoms with Gasteiger partial charge in [0.05, 0.1) is 0 Å². The number of rotatable bonds is 0. The third kappa shape index (κ3) is 2.44. The van der Waals surface area contributed by atoms with E-state index in [2.05, 4.69) is 76.9 Å². The molecule has 21 heavy (non-hydrogen) atoms. The van der Waals surface area contributed by atoms with Crippen molar-refractivity contribution in [2.75, 3.05) is 0 Å². The van der Waals surface area contributed by atoms with Gasteiger partial charge in [-0.05, 0) is 35.2 Å². The molecule has 2 aromatic heterocycles. The van der Waals surface area contributed by atoms with Crippen molar-refractivity contribution in [3.05, 3.63) is 41.6 Å². The number of nitrogens with zero attached hydrogens (tertiary/aromatic N) is 1. The molecule has 0 saturated heterocycles. The van der Waals surface area contributed by atoms with Crippen LogP contribution in [-0.4, -0.2) is 9.97 Å². The minimum absolute atomic E-state index is 0.0715. The molecular formula is C19H24N2. The Morgan fingerprint density at radius 3 is 2.14 bits per heavy atom. The van der Waals surface area contributed by atoms with E-state index in [1.807, 2.05) is 0 Å². The minimum Gasteiger partial charge on any atom is -0.339 e. The molecule has 0 aliphatic heterocycles. The Morgan fingerprint density at radius 1 is 0.810 bits per heavy atom. The Kier molecular flexibility index (Phi) is 2.91. The molecule has 0 fully saturated rings. The lowest BCUT2D eigenvalue weighted by Crippen LogP contribution is -2.13. The van der Waals surface area contributed by atoms with E-state index in [1.165, 1.54) is 16.3 Å². The molecule has 110 valence electrons. The SMILES string of the molecule is CC(C)(C)c1ccc2[nH]c3nc(C(C)(C)C)ccc3c2c1. The van der Waals surface area contributed by atoms with Gasteiger partial charge in [-0.1, -0.05) is 47.6 Å². The van der Waals surface area contributed by atoms with Crippen molar-refractivity contribution in [2.24, 2.45) is 0 Å². The highest BCUT2D eigenvalue weighted by Gasteiger charge is 2.18.